The van der Waals surface area contributed by atoms with Gasteiger partial charge in [0, 0.05) is 24.7 Å². The van der Waals surface area contributed by atoms with Crippen LogP contribution < -0.4 is 0 Å². The summed E-state index contributed by atoms with van der Waals surface area (Å²) < 4.78 is 41.6. The van der Waals surface area contributed by atoms with Crippen LogP contribution in [-0.4, -0.2) is 9.55 Å². The number of imidazole rings is 1. The zero-order valence-electron chi connectivity index (χ0n) is 14.5. The van der Waals surface area contributed by atoms with Gasteiger partial charge in [0.1, 0.15) is 5.82 Å². The number of hydrogen-bond acceptors (Lipinski definition) is 1. The Hall–Kier alpha value is -2.56. The molecule has 0 amide bonds. The molecule has 134 valence electrons. The van der Waals surface area contributed by atoms with Gasteiger partial charge in [0.05, 0.1) is 11.3 Å². The lowest BCUT2D eigenvalue weighted by molar-refractivity contribution is -0.138. The van der Waals surface area contributed by atoms with E-state index in [2.05, 4.69) is 10.8 Å². The lowest BCUT2D eigenvalue weighted by Crippen LogP contribution is -2.08. The zero-order chi connectivity index (χ0) is 18.3. The van der Waals surface area contributed by atoms with Crippen LogP contribution in [0.25, 0.3) is 22.4 Å². The van der Waals surface area contributed by atoms with Crippen molar-refractivity contribution in [2.45, 2.75) is 38.9 Å². The van der Waals surface area contributed by atoms with Crippen LogP contribution in [0.5, 0.6) is 0 Å². The van der Waals surface area contributed by atoms with E-state index in [0.29, 0.717) is 5.56 Å². The third-order valence-electron chi connectivity index (χ3n) is 4.97. The zero-order valence-corrected chi connectivity index (χ0v) is 14.5. The second-order valence-electron chi connectivity index (χ2n) is 6.80. The molecule has 0 unspecified atom stereocenters. The molecule has 0 saturated heterocycles. The van der Waals surface area contributed by atoms with E-state index in [9.17, 15) is 13.2 Å². The maximum atomic E-state index is 13.1. The molecule has 0 N–H and O–H groups in total. The van der Waals surface area contributed by atoms with Gasteiger partial charge in [0.25, 0.3) is 0 Å². The maximum Gasteiger partial charge on any atom is 0.416 e. The van der Waals surface area contributed by atoms with Gasteiger partial charge in [-0.1, -0.05) is 36.4 Å². The Labute approximate surface area is 150 Å². The lowest BCUT2D eigenvalue weighted by Gasteiger charge is -2.12. The quantitative estimate of drug-likeness (QED) is 0.560. The Morgan fingerprint density at radius 2 is 1.62 bits per heavy atom. The summed E-state index contributed by atoms with van der Waals surface area (Å²) in [6, 6.07) is 12.1. The van der Waals surface area contributed by atoms with Crippen LogP contribution in [0, 0.1) is 6.92 Å². The number of aromatic nitrogens is 2. The van der Waals surface area contributed by atoms with Crippen molar-refractivity contribution in [2.75, 3.05) is 0 Å². The van der Waals surface area contributed by atoms with E-state index >= 15 is 0 Å². The fraction of sp³-hybridized carbons (Fsp3) is 0.286. The molecule has 26 heavy (non-hydrogen) atoms. The van der Waals surface area contributed by atoms with Crippen LogP contribution in [-0.2, 0) is 19.1 Å². The summed E-state index contributed by atoms with van der Waals surface area (Å²) in [5.74, 6) is 1.11. The van der Waals surface area contributed by atoms with Crippen molar-refractivity contribution in [3.63, 3.8) is 0 Å². The molecule has 1 aliphatic heterocycles. The molecule has 4 rings (SSSR count). The summed E-state index contributed by atoms with van der Waals surface area (Å²) in [5.41, 5.74) is 2.90. The van der Waals surface area contributed by atoms with Crippen LogP contribution in [0.15, 0.2) is 48.7 Å². The van der Waals surface area contributed by atoms with E-state index < -0.39 is 11.7 Å². The van der Waals surface area contributed by atoms with Gasteiger partial charge < -0.3 is 4.57 Å². The number of halogens is 3. The number of aryl methyl sites for hydroxylation is 3. The normalized spacial score (nSPS) is 14.3. The van der Waals surface area contributed by atoms with Crippen molar-refractivity contribution in [3.8, 4) is 22.4 Å². The summed E-state index contributed by atoms with van der Waals surface area (Å²) in [7, 11) is 0. The molecule has 0 aliphatic carbocycles. The number of nitrogens with zero attached hydrogens (tertiary/aromatic N) is 2. The molecule has 0 saturated carbocycles. The van der Waals surface area contributed by atoms with E-state index in [-0.39, 0.29) is 5.56 Å². The van der Waals surface area contributed by atoms with Crippen LogP contribution in [0.4, 0.5) is 13.2 Å². The number of alkyl halides is 3. The summed E-state index contributed by atoms with van der Waals surface area (Å²) in [6.07, 6.45) is 1.08. The first-order valence-electron chi connectivity index (χ1n) is 8.76. The van der Waals surface area contributed by atoms with Gasteiger partial charge in [-0.2, -0.15) is 13.2 Å². The van der Waals surface area contributed by atoms with Crippen molar-refractivity contribution >= 4 is 0 Å². The van der Waals surface area contributed by atoms with Gasteiger partial charge in [0.2, 0.25) is 0 Å². The molecule has 0 atom stereocenters. The van der Waals surface area contributed by atoms with Gasteiger partial charge in [-0.05, 0) is 42.5 Å². The molecular formula is C21H19F3N2. The molecule has 0 spiro atoms. The minimum Gasteiger partial charge on any atom is -0.334 e. The number of rotatable bonds is 2. The van der Waals surface area contributed by atoms with Crippen LogP contribution in [0.2, 0.25) is 0 Å². The van der Waals surface area contributed by atoms with Crippen molar-refractivity contribution in [1.29, 1.82) is 0 Å². The van der Waals surface area contributed by atoms with Gasteiger partial charge in [0.15, 0.2) is 0 Å². The molecule has 3 aromatic rings. The van der Waals surface area contributed by atoms with Crippen molar-refractivity contribution < 1.29 is 13.2 Å². The molecular weight excluding hydrogens is 337 g/mol. The molecule has 1 aliphatic rings. The average molecular weight is 356 g/mol. The summed E-state index contributed by atoms with van der Waals surface area (Å²) >= 11 is 0. The van der Waals surface area contributed by atoms with Gasteiger partial charge in [-0.25, -0.2) is 4.98 Å². The largest absolute Gasteiger partial charge is 0.416 e. The van der Waals surface area contributed by atoms with E-state index in [4.69, 9.17) is 4.98 Å². The fourth-order valence-electron chi connectivity index (χ4n) is 3.49. The smallest absolute Gasteiger partial charge is 0.334 e. The van der Waals surface area contributed by atoms with Gasteiger partial charge in [-0.3, -0.25) is 0 Å². The van der Waals surface area contributed by atoms with Gasteiger partial charge >= 0.3 is 6.18 Å². The SMILES string of the molecule is Cc1ccc(-c2ccc(-c3cn4c(n3)CCCC4)cc2)cc1C(F)(F)F. The van der Waals surface area contributed by atoms with Crippen LogP contribution in [0.1, 0.15) is 29.8 Å². The number of fused-ring (bicyclic) bond motifs is 1. The number of hydrogen-bond donors (Lipinski definition) is 0. The highest BCUT2D eigenvalue weighted by Gasteiger charge is 2.32. The minimum absolute atomic E-state index is 0.237. The Balaban J connectivity index is 1.65. The molecule has 2 heterocycles. The summed E-state index contributed by atoms with van der Waals surface area (Å²) in [6.45, 7) is 2.49. The topological polar surface area (TPSA) is 17.8 Å². The standard InChI is InChI=1S/C21H19F3N2/c1-14-5-6-17(12-18(14)21(22,23)24)15-7-9-16(10-8-15)19-13-26-11-3-2-4-20(26)25-19/h5-10,12-13H,2-4,11H2,1H3. The highest BCUT2D eigenvalue weighted by atomic mass is 19.4. The van der Waals surface area contributed by atoms with Crippen molar-refractivity contribution in [3.05, 3.63) is 65.6 Å². The van der Waals surface area contributed by atoms with Gasteiger partial charge in [-0.15, -0.1) is 0 Å². The maximum absolute atomic E-state index is 13.1. The molecule has 2 nitrogen and oxygen atoms in total. The second kappa shape index (κ2) is 6.31. The molecule has 5 heteroatoms. The molecule has 0 bridgehead atoms. The van der Waals surface area contributed by atoms with Crippen molar-refractivity contribution in [1.82, 2.24) is 9.55 Å². The lowest BCUT2D eigenvalue weighted by atomic mass is 9.98. The summed E-state index contributed by atoms with van der Waals surface area (Å²) in [4.78, 5) is 4.70. The second-order valence-corrected chi connectivity index (χ2v) is 6.80. The third-order valence-corrected chi connectivity index (χ3v) is 4.97. The van der Waals surface area contributed by atoms with E-state index in [1.165, 1.54) is 31.9 Å². The number of benzene rings is 2. The third kappa shape index (κ3) is 3.14. The summed E-state index contributed by atoms with van der Waals surface area (Å²) in [5, 5.41) is 0. The first-order valence-corrected chi connectivity index (χ1v) is 8.76. The Bertz CT molecular complexity index is 913. The Morgan fingerprint density at radius 3 is 2.31 bits per heavy atom. The highest BCUT2D eigenvalue weighted by Crippen LogP contribution is 2.35. The molecule has 0 fully saturated rings. The molecule has 2 aromatic carbocycles. The monoisotopic (exact) mass is 356 g/mol. The first-order chi connectivity index (χ1) is 12.4. The van der Waals surface area contributed by atoms with Crippen molar-refractivity contribution in [2.24, 2.45) is 0 Å². The average Bonchev–Trinajstić information content (AvgIpc) is 3.05. The highest BCUT2D eigenvalue weighted by molar-refractivity contribution is 5.69. The van der Waals surface area contributed by atoms with E-state index in [0.717, 1.165) is 35.6 Å². The predicted octanol–water partition coefficient (Wildman–Crippen LogP) is 5.88. The fourth-order valence-corrected chi connectivity index (χ4v) is 3.49. The van der Waals surface area contributed by atoms with Crippen LogP contribution >= 0.6 is 0 Å². The Kier molecular flexibility index (Phi) is 4.10. The Morgan fingerprint density at radius 1 is 0.923 bits per heavy atom. The minimum atomic E-state index is -4.34. The van der Waals surface area contributed by atoms with E-state index in [1.807, 2.05) is 24.3 Å². The molecule has 1 aromatic heterocycles. The molecule has 0 radical (unpaired) electrons. The van der Waals surface area contributed by atoms with E-state index in [1.54, 1.807) is 6.07 Å². The van der Waals surface area contributed by atoms with Crippen LogP contribution in [0.3, 0.4) is 0 Å². The first kappa shape index (κ1) is 16.9. The predicted molar refractivity (Wildman–Crippen MR) is 95.8 cm³/mol.